The fourth-order valence-corrected chi connectivity index (χ4v) is 5.13. The molecule has 1 aliphatic heterocycles. The van der Waals surface area contributed by atoms with Crippen molar-refractivity contribution in [2.24, 2.45) is 0 Å². The molecule has 0 radical (unpaired) electrons. The zero-order valence-electron chi connectivity index (χ0n) is 15.6. The van der Waals surface area contributed by atoms with E-state index in [1.54, 1.807) is 37.3 Å². The first kappa shape index (κ1) is 19.5. The molecule has 2 heterocycles. The molecule has 3 aromatic rings. The van der Waals surface area contributed by atoms with Crippen LogP contribution in [0.15, 0.2) is 58.2 Å². The number of carbonyl (C=O) groups excluding carboxylic acids is 1. The van der Waals surface area contributed by atoms with Crippen LogP contribution >= 0.6 is 11.6 Å². The minimum Gasteiger partial charge on any atom is -0.438 e. The Hall–Kier alpha value is -2.84. The highest BCUT2D eigenvalue weighted by Crippen LogP contribution is 2.34. The molecule has 0 bridgehead atoms. The SMILES string of the molecule is Cc1ncoc1C(=O)Nc1cccc(S(=O)(=O)N2CCCc3cc(Cl)ccc32)c1. The van der Waals surface area contributed by atoms with E-state index in [2.05, 4.69) is 10.3 Å². The molecule has 1 N–H and O–H groups in total. The number of rotatable bonds is 4. The molecule has 7 nitrogen and oxygen atoms in total. The Kier molecular flexibility index (Phi) is 5.06. The summed E-state index contributed by atoms with van der Waals surface area (Å²) < 4.78 is 33.1. The minimum atomic E-state index is -3.81. The second-order valence-corrected chi connectivity index (χ2v) is 9.00. The molecule has 0 fully saturated rings. The summed E-state index contributed by atoms with van der Waals surface area (Å²) in [5, 5.41) is 3.23. The number of halogens is 1. The van der Waals surface area contributed by atoms with Gasteiger partial charge in [0.25, 0.3) is 15.9 Å². The van der Waals surface area contributed by atoms with Gasteiger partial charge < -0.3 is 9.73 Å². The highest BCUT2D eigenvalue weighted by Gasteiger charge is 2.29. The van der Waals surface area contributed by atoms with E-state index >= 15 is 0 Å². The number of hydrogen-bond acceptors (Lipinski definition) is 5. The second-order valence-electron chi connectivity index (χ2n) is 6.70. The van der Waals surface area contributed by atoms with Crippen LogP contribution in [0.4, 0.5) is 11.4 Å². The number of carbonyl (C=O) groups is 1. The van der Waals surface area contributed by atoms with Crippen LogP contribution < -0.4 is 9.62 Å². The molecule has 0 atom stereocenters. The van der Waals surface area contributed by atoms with Crippen molar-refractivity contribution in [2.75, 3.05) is 16.2 Å². The molecule has 2 aromatic carbocycles. The molecule has 1 aromatic heterocycles. The van der Waals surface area contributed by atoms with Gasteiger partial charge in [-0.1, -0.05) is 17.7 Å². The Morgan fingerprint density at radius 2 is 2.07 bits per heavy atom. The number of oxazole rings is 1. The predicted octanol–water partition coefficient (Wildman–Crippen LogP) is 4.03. The van der Waals surface area contributed by atoms with Crippen LogP contribution in [0.5, 0.6) is 0 Å². The molecule has 0 saturated heterocycles. The largest absolute Gasteiger partial charge is 0.438 e. The molecular formula is C20H18ClN3O4S. The van der Waals surface area contributed by atoms with Gasteiger partial charge in [-0.2, -0.15) is 0 Å². The molecule has 0 unspecified atom stereocenters. The predicted molar refractivity (Wildman–Crippen MR) is 110 cm³/mol. The van der Waals surface area contributed by atoms with Crippen LogP contribution in [0.3, 0.4) is 0 Å². The van der Waals surface area contributed by atoms with Crippen molar-refractivity contribution in [3.8, 4) is 0 Å². The lowest BCUT2D eigenvalue weighted by Gasteiger charge is -2.30. The number of aromatic nitrogens is 1. The normalized spacial score (nSPS) is 13.8. The molecule has 0 saturated carbocycles. The standard InChI is InChI=1S/C20H18ClN3O4S/c1-13-19(28-12-22-13)20(25)23-16-5-2-6-17(11-16)29(26,27)24-9-3-4-14-10-15(21)7-8-18(14)24/h2,5-8,10-12H,3-4,9H2,1H3,(H,23,25). The molecular weight excluding hydrogens is 414 g/mol. The zero-order chi connectivity index (χ0) is 20.6. The average molecular weight is 432 g/mol. The summed E-state index contributed by atoms with van der Waals surface area (Å²) in [6, 6.07) is 11.4. The maximum Gasteiger partial charge on any atom is 0.293 e. The van der Waals surface area contributed by atoms with Crippen molar-refractivity contribution in [1.82, 2.24) is 4.98 Å². The van der Waals surface area contributed by atoms with Gasteiger partial charge in [0.05, 0.1) is 16.3 Å². The van der Waals surface area contributed by atoms with Crippen LogP contribution in [0.2, 0.25) is 5.02 Å². The van der Waals surface area contributed by atoms with Crippen LogP contribution in [0.1, 0.15) is 28.2 Å². The van der Waals surface area contributed by atoms with E-state index in [0.29, 0.717) is 35.1 Å². The van der Waals surface area contributed by atoms with Gasteiger partial charge in [-0.25, -0.2) is 13.4 Å². The maximum absolute atomic E-state index is 13.3. The molecule has 0 spiro atoms. The number of nitrogens with zero attached hydrogens (tertiary/aromatic N) is 2. The summed E-state index contributed by atoms with van der Waals surface area (Å²) in [4.78, 5) is 16.3. The number of sulfonamides is 1. The number of benzene rings is 2. The van der Waals surface area contributed by atoms with E-state index in [4.69, 9.17) is 16.0 Å². The van der Waals surface area contributed by atoms with Crippen LogP contribution in [-0.2, 0) is 16.4 Å². The molecule has 150 valence electrons. The molecule has 9 heteroatoms. The van der Waals surface area contributed by atoms with Crippen molar-refractivity contribution < 1.29 is 17.6 Å². The van der Waals surface area contributed by atoms with Gasteiger partial charge >= 0.3 is 0 Å². The van der Waals surface area contributed by atoms with E-state index in [1.165, 1.54) is 22.8 Å². The highest BCUT2D eigenvalue weighted by molar-refractivity contribution is 7.92. The topological polar surface area (TPSA) is 92.5 Å². The lowest BCUT2D eigenvalue weighted by atomic mass is 10.0. The Bertz CT molecular complexity index is 1190. The summed E-state index contributed by atoms with van der Waals surface area (Å²) >= 11 is 6.06. The fourth-order valence-electron chi connectivity index (χ4n) is 3.35. The van der Waals surface area contributed by atoms with E-state index in [9.17, 15) is 13.2 Å². The van der Waals surface area contributed by atoms with E-state index in [-0.39, 0.29) is 10.7 Å². The summed E-state index contributed by atoms with van der Waals surface area (Å²) in [6.45, 7) is 2.03. The Labute approximate surface area is 173 Å². The highest BCUT2D eigenvalue weighted by atomic mass is 35.5. The average Bonchev–Trinajstić information content (AvgIpc) is 3.13. The monoisotopic (exact) mass is 431 g/mol. The lowest BCUT2D eigenvalue weighted by Crippen LogP contribution is -2.35. The van der Waals surface area contributed by atoms with Gasteiger partial charge in [-0.05, 0) is 61.7 Å². The third kappa shape index (κ3) is 3.73. The number of amides is 1. The van der Waals surface area contributed by atoms with Crippen molar-refractivity contribution in [2.45, 2.75) is 24.7 Å². The number of hydrogen-bond donors (Lipinski definition) is 1. The summed E-state index contributed by atoms with van der Waals surface area (Å²) in [6.07, 6.45) is 2.66. The molecule has 0 aliphatic carbocycles. The zero-order valence-corrected chi connectivity index (χ0v) is 17.1. The van der Waals surface area contributed by atoms with E-state index in [1.807, 2.05) is 0 Å². The van der Waals surface area contributed by atoms with Gasteiger partial charge in [0.2, 0.25) is 5.76 Å². The van der Waals surface area contributed by atoms with Crippen LogP contribution in [0.25, 0.3) is 0 Å². The van der Waals surface area contributed by atoms with Gasteiger partial charge in [-0.15, -0.1) is 0 Å². The Morgan fingerprint density at radius 1 is 1.24 bits per heavy atom. The van der Waals surface area contributed by atoms with Gasteiger partial charge in [-0.3, -0.25) is 9.10 Å². The van der Waals surface area contributed by atoms with Crippen molar-refractivity contribution in [3.63, 3.8) is 0 Å². The summed E-state index contributed by atoms with van der Waals surface area (Å²) in [7, 11) is -3.81. The quantitative estimate of drug-likeness (QED) is 0.673. The number of fused-ring (bicyclic) bond motifs is 1. The van der Waals surface area contributed by atoms with E-state index in [0.717, 1.165) is 12.0 Å². The van der Waals surface area contributed by atoms with Crippen molar-refractivity contribution in [1.29, 1.82) is 0 Å². The van der Waals surface area contributed by atoms with Gasteiger partial charge in [0, 0.05) is 17.3 Å². The summed E-state index contributed by atoms with van der Waals surface area (Å²) in [5.74, 6) is -0.410. The first-order valence-corrected chi connectivity index (χ1v) is 10.8. The molecule has 1 aliphatic rings. The molecule has 1 amide bonds. The number of aryl methyl sites for hydroxylation is 2. The molecule has 29 heavy (non-hydrogen) atoms. The van der Waals surface area contributed by atoms with Crippen molar-refractivity contribution >= 4 is 38.9 Å². The van der Waals surface area contributed by atoms with Crippen molar-refractivity contribution in [3.05, 3.63) is 70.9 Å². The maximum atomic E-state index is 13.3. The third-order valence-corrected chi connectivity index (χ3v) is 6.79. The Morgan fingerprint density at radius 3 is 2.83 bits per heavy atom. The van der Waals surface area contributed by atoms with E-state index < -0.39 is 15.9 Å². The lowest BCUT2D eigenvalue weighted by molar-refractivity contribution is 0.0996. The fraction of sp³-hybridized carbons (Fsp3) is 0.200. The second kappa shape index (κ2) is 7.53. The van der Waals surface area contributed by atoms with Crippen LogP contribution in [-0.4, -0.2) is 25.9 Å². The minimum absolute atomic E-state index is 0.0834. The van der Waals surface area contributed by atoms with Gasteiger partial charge in [0.1, 0.15) is 0 Å². The molecule has 4 rings (SSSR count). The number of anilines is 2. The smallest absolute Gasteiger partial charge is 0.293 e. The number of nitrogens with one attached hydrogen (secondary N) is 1. The summed E-state index contributed by atoms with van der Waals surface area (Å²) in [5.41, 5.74) is 2.33. The first-order chi connectivity index (χ1) is 13.9. The van der Waals surface area contributed by atoms with Gasteiger partial charge in [0.15, 0.2) is 6.39 Å². The van der Waals surface area contributed by atoms with Crippen LogP contribution in [0, 0.1) is 6.92 Å². The Balaban J connectivity index is 1.65. The first-order valence-electron chi connectivity index (χ1n) is 8.99. The third-order valence-electron chi connectivity index (χ3n) is 4.75.